The summed E-state index contributed by atoms with van der Waals surface area (Å²) >= 11 is 0. The van der Waals surface area contributed by atoms with Crippen LogP contribution in [0.1, 0.15) is 32.1 Å². The van der Waals surface area contributed by atoms with E-state index in [1.165, 1.54) is 45.2 Å². The number of hydrogen-bond donors (Lipinski definition) is 2. The highest BCUT2D eigenvalue weighted by atomic mass is 15.2. The van der Waals surface area contributed by atoms with E-state index >= 15 is 0 Å². The summed E-state index contributed by atoms with van der Waals surface area (Å²) in [4.78, 5) is 2.67. The third-order valence-electron chi connectivity index (χ3n) is 3.85. The average Bonchev–Trinajstić information content (AvgIpc) is 3.14. The molecule has 3 fully saturated rings. The second-order valence-corrected chi connectivity index (χ2v) is 5.39. The molecule has 0 bridgehead atoms. The highest BCUT2D eigenvalue weighted by molar-refractivity contribution is 4.92. The van der Waals surface area contributed by atoms with E-state index in [9.17, 15) is 0 Å². The van der Waals surface area contributed by atoms with Crippen molar-refractivity contribution in [2.24, 2.45) is 0 Å². The second kappa shape index (κ2) is 4.40. The lowest BCUT2D eigenvalue weighted by Gasteiger charge is -2.15. The fourth-order valence-electron chi connectivity index (χ4n) is 2.57. The maximum absolute atomic E-state index is 3.67. The first-order chi connectivity index (χ1) is 7.42. The molecule has 1 unspecified atom stereocenters. The molecule has 1 atom stereocenters. The minimum atomic E-state index is 0.770. The normalized spacial score (nSPS) is 32.4. The van der Waals surface area contributed by atoms with Gasteiger partial charge in [-0.2, -0.15) is 0 Å². The van der Waals surface area contributed by atoms with Crippen LogP contribution in [0, 0.1) is 0 Å². The highest BCUT2D eigenvalue weighted by Crippen LogP contribution is 2.29. The molecule has 0 aromatic carbocycles. The van der Waals surface area contributed by atoms with E-state index in [1.807, 2.05) is 0 Å². The zero-order valence-electron chi connectivity index (χ0n) is 9.54. The molecule has 1 saturated heterocycles. The summed E-state index contributed by atoms with van der Waals surface area (Å²) in [5.74, 6) is 0. The maximum Gasteiger partial charge on any atom is 0.0207 e. The molecule has 86 valence electrons. The maximum atomic E-state index is 3.67. The van der Waals surface area contributed by atoms with Gasteiger partial charge in [0.15, 0.2) is 0 Å². The Morgan fingerprint density at radius 2 is 1.60 bits per heavy atom. The fourth-order valence-corrected chi connectivity index (χ4v) is 2.57. The molecule has 3 heteroatoms. The minimum Gasteiger partial charge on any atom is -0.313 e. The summed E-state index contributed by atoms with van der Waals surface area (Å²) in [6.07, 6.45) is 7.07. The van der Waals surface area contributed by atoms with Crippen molar-refractivity contribution in [1.82, 2.24) is 15.5 Å². The summed E-state index contributed by atoms with van der Waals surface area (Å²) in [5, 5.41) is 7.22. The molecular formula is C12H23N3. The van der Waals surface area contributed by atoms with Gasteiger partial charge < -0.3 is 10.6 Å². The van der Waals surface area contributed by atoms with Crippen molar-refractivity contribution >= 4 is 0 Å². The molecule has 3 rings (SSSR count). The van der Waals surface area contributed by atoms with E-state index in [2.05, 4.69) is 15.5 Å². The van der Waals surface area contributed by atoms with Crippen LogP contribution in [0.5, 0.6) is 0 Å². The lowest BCUT2D eigenvalue weighted by Crippen LogP contribution is -2.37. The Kier molecular flexibility index (Phi) is 2.95. The van der Waals surface area contributed by atoms with E-state index in [0.717, 1.165) is 31.2 Å². The van der Waals surface area contributed by atoms with Gasteiger partial charge in [-0.15, -0.1) is 0 Å². The van der Waals surface area contributed by atoms with E-state index in [0.29, 0.717) is 0 Å². The van der Waals surface area contributed by atoms with E-state index in [4.69, 9.17) is 0 Å². The van der Waals surface area contributed by atoms with Gasteiger partial charge in [0.25, 0.3) is 0 Å². The highest BCUT2D eigenvalue weighted by Gasteiger charge is 2.33. The molecular weight excluding hydrogens is 186 g/mol. The Hall–Kier alpha value is -0.120. The van der Waals surface area contributed by atoms with Crippen molar-refractivity contribution in [2.45, 2.75) is 50.2 Å². The molecule has 0 radical (unpaired) electrons. The van der Waals surface area contributed by atoms with Gasteiger partial charge in [-0.05, 0) is 32.1 Å². The van der Waals surface area contributed by atoms with Crippen molar-refractivity contribution in [3.63, 3.8) is 0 Å². The predicted octanol–water partition coefficient (Wildman–Crippen LogP) is 0.565. The van der Waals surface area contributed by atoms with Crippen molar-refractivity contribution in [3.8, 4) is 0 Å². The van der Waals surface area contributed by atoms with E-state index < -0.39 is 0 Å². The van der Waals surface area contributed by atoms with Gasteiger partial charge in [-0.3, -0.25) is 4.90 Å². The number of hydrogen-bond acceptors (Lipinski definition) is 3. The number of nitrogens with one attached hydrogen (secondary N) is 2. The SMILES string of the molecule is C(CNC1CCN(C2CC2)C1)NC1CC1. The first-order valence-electron chi connectivity index (χ1n) is 6.62. The van der Waals surface area contributed by atoms with Gasteiger partial charge >= 0.3 is 0 Å². The third-order valence-corrected chi connectivity index (χ3v) is 3.85. The number of rotatable bonds is 6. The van der Waals surface area contributed by atoms with Gasteiger partial charge in [0, 0.05) is 44.3 Å². The second-order valence-electron chi connectivity index (χ2n) is 5.39. The molecule has 2 saturated carbocycles. The van der Waals surface area contributed by atoms with Crippen LogP contribution in [0.3, 0.4) is 0 Å². The first kappa shape index (κ1) is 10.1. The Labute approximate surface area is 92.6 Å². The van der Waals surface area contributed by atoms with Gasteiger partial charge in [-0.1, -0.05) is 0 Å². The van der Waals surface area contributed by atoms with Gasteiger partial charge in [0.2, 0.25) is 0 Å². The number of nitrogens with zero attached hydrogens (tertiary/aromatic N) is 1. The van der Waals surface area contributed by atoms with Crippen LogP contribution in [0.2, 0.25) is 0 Å². The molecule has 0 amide bonds. The quantitative estimate of drug-likeness (QED) is 0.626. The van der Waals surface area contributed by atoms with Crippen LogP contribution < -0.4 is 10.6 Å². The molecule has 15 heavy (non-hydrogen) atoms. The zero-order valence-corrected chi connectivity index (χ0v) is 9.54. The topological polar surface area (TPSA) is 27.3 Å². The molecule has 2 N–H and O–H groups in total. The summed E-state index contributed by atoms with van der Waals surface area (Å²) in [5.41, 5.74) is 0. The van der Waals surface area contributed by atoms with E-state index in [1.54, 1.807) is 0 Å². The monoisotopic (exact) mass is 209 g/mol. The van der Waals surface area contributed by atoms with Crippen LogP contribution in [-0.4, -0.2) is 49.2 Å². The molecule has 2 aliphatic carbocycles. The molecule has 0 aromatic rings. The molecule has 0 aromatic heterocycles. The molecule has 3 nitrogen and oxygen atoms in total. The first-order valence-corrected chi connectivity index (χ1v) is 6.62. The fraction of sp³-hybridized carbons (Fsp3) is 1.00. The Morgan fingerprint density at radius 3 is 2.27 bits per heavy atom. The standard InChI is InChI=1S/C12H23N3/c1-2-10(1)13-6-7-14-11-5-8-15(9-11)12-3-4-12/h10-14H,1-9H2. The Balaban J connectivity index is 1.27. The van der Waals surface area contributed by atoms with Crippen LogP contribution in [0.25, 0.3) is 0 Å². The Morgan fingerprint density at radius 1 is 0.867 bits per heavy atom. The molecule has 0 spiro atoms. The van der Waals surface area contributed by atoms with Crippen LogP contribution in [0.4, 0.5) is 0 Å². The van der Waals surface area contributed by atoms with Crippen molar-refractivity contribution in [1.29, 1.82) is 0 Å². The number of likely N-dealkylation sites (tertiary alicyclic amines) is 1. The van der Waals surface area contributed by atoms with Crippen LogP contribution >= 0.6 is 0 Å². The van der Waals surface area contributed by atoms with E-state index in [-0.39, 0.29) is 0 Å². The van der Waals surface area contributed by atoms with Crippen molar-refractivity contribution in [3.05, 3.63) is 0 Å². The molecule has 3 aliphatic rings. The van der Waals surface area contributed by atoms with Gasteiger partial charge in [0.05, 0.1) is 0 Å². The molecule has 1 aliphatic heterocycles. The van der Waals surface area contributed by atoms with Crippen molar-refractivity contribution < 1.29 is 0 Å². The predicted molar refractivity (Wildman–Crippen MR) is 62.0 cm³/mol. The Bertz CT molecular complexity index is 211. The lowest BCUT2D eigenvalue weighted by atomic mass is 10.2. The van der Waals surface area contributed by atoms with Gasteiger partial charge in [0.1, 0.15) is 0 Å². The third kappa shape index (κ3) is 2.92. The van der Waals surface area contributed by atoms with Crippen molar-refractivity contribution in [2.75, 3.05) is 26.2 Å². The average molecular weight is 209 g/mol. The van der Waals surface area contributed by atoms with Crippen LogP contribution in [0.15, 0.2) is 0 Å². The smallest absolute Gasteiger partial charge is 0.0207 e. The van der Waals surface area contributed by atoms with Crippen LogP contribution in [-0.2, 0) is 0 Å². The minimum absolute atomic E-state index is 0.770. The summed E-state index contributed by atoms with van der Waals surface area (Å²) < 4.78 is 0. The lowest BCUT2D eigenvalue weighted by molar-refractivity contribution is 0.317. The largest absolute Gasteiger partial charge is 0.313 e. The zero-order chi connectivity index (χ0) is 10.1. The van der Waals surface area contributed by atoms with Gasteiger partial charge in [-0.25, -0.2) is 0 Å². The molecule has 1 heterocycles. The summed E-state index contributed by atoms with van der Waals surface area (Å²) in [7, 11) is 0. The summed E-state index contributed by atoms with van der Waals surface area (Å²) in [6, 6.07) is 2.59. The summed E-state index contributed by atoms with van der Waals surface area (Å²) in [6.45, 7) is 4.94.